The highest BCUT2D eigenvalue weighted by Crippen LogP contribution is 2.28. The first kappa shape index (κ1) is 18.2. The Bertz CT molecular complexity index is 901. The number of rotatable bonds is 3. The molecule has 25 heavy (non-hydrogen) atoms. The monoisotopic (exact) mass is 442 g/mol. The highest BCUT2D eigenvalue weighted by Gasteiger charge is 2.27. The summed E-state index contributed by atoms with van der Waals surface area (Å²) < 4.78 is 26.8. The molecule has 0 unspecified atom stereocenters. The molecule has 1 N–H and O–H groups in total. The molecule has 2 aromatic carbocycles. The zero-order chi connectivity index (χ0) is 18.0. The summed E-state index contributed by atoms with van der Waals surface area (Å²) in [5, 5.41) is 3.04. The van der Waals surface area contributed by atoms with Crippen molar-refractivity contribution in [2.75, 3.05) is 21.9 Å². The summed E-state index contributed by atoms with van der Waals surface area (Å²) in [5.74, 6) is -0.264. The van der Waals surface area contributed by atoms with Gasteiger partial charge in [-0.1, -0.05) is 27.5 Å². The van der Waals surface area contributed by atoms with Gasteiger partial charge in [-0.15, -0.1) is 0 Å². The SMILES string of the molecule is O=C(Nc1ccc(Br)cc1)c1cc(N2CCCCS2(=O)=O)ccc1Cl. The molecule has 0 spiro atoms. The van der Waals surface area contributed by atoms with Gasteiger partial charge in [-0.3, -0.25) is 9.10 Å². The molecular formula is C17H16BrClN2O3S. The largest absolute Gasteiger partial charge is 0.322 e. The molecule has 1 aliphatic rings. The van der Waals surface area contributed by atoms with Crippen LogP contribution >= 0.6 is 27.5 Å². The van der Waals surface area contributed by atoms with E-state index < -0.39 is 10.0 Å². The average molecular weight is 444 g/mol. The van der Waals surface area contributed by atoms with Gasteiger partial charge in [-0.25, -0.2) is 8.42 Å². The Balaban J connectivity index is 1.88. The van der Waals surface area contributed by atoms with Gasteiger partial charge >= 0.3 is 0 Å². The van der Waals surface area contributed by atoms with Gasteiger partial charge in [0, 0.05) is 16.7 Å². The number of halogens is 2. The number of benzene rings is 2. The van der Waals surface area contributed by atoms with Gasteiger partial charge in [0.05, 0.1) is 22.0 Å². The molecule has 3 rings (SSSR count). The average Bonchev–Trinajstić information content (AvgIpc) is 2.57. The van der Waals surface area contributed by atoms with Crippen LogP contribution in [-0.4, -0.2) is 26.6 Å². The third-order valence-corrected chi connectivity index (χ3v) is 6.66. The lowest BCUT2D eigenvalue weighted by Crippen LogP contribution is -2.38. The van der Waals surface area contributed by atoms with Gasteiger partial charge in [0.25, 0.3) is 5.91 Å². The van der Waals surface area contributed by atoms with E-state index in [0.717, 1.165) is 10.9 Å². The fraction of sp³-hybridized carbons (Fsp3) is 0.235. The molecule has 1 aliphatic heterocycles. The number of anilines is 2. The molecule has 0 saturated carbocycles. The molecule has 5 nitrogen and oxygen atoms in total. The van der Waals surface area contributed by atoms with E-state index in [9.17, 15) is 13.2 Å². The Hall–Kier alpha value is -1.57. The normalized spacial score (nSPS) is 16.5. The number of hydrogen-bond donors (Lipinski definition) is 1. The van der Waals surface area contributed by atoms with Gasteiger partial charge in [0.2, 0.25) is 10.0 Å². The number of carbonyl (C=O) groups is 1. The van der Waals surface area contributed by atoms with E-state index >= 15 is 0 Å². The van der Waals surface area contributed by atoms with Gasteiger partial charge in [0.1, 0.15) is 0 Å². The Kier molecular flexibility index (Phi) is 5.36. The predicted octanol–water partition coefficient (Wildman–Crippen LogP) is 4.28. The summed E-state index contributed by atoms with van der Waals surface area (Å²) in [7, 11) is -3.34. The van der Waals surface area contributed by atoms with Gasteiger partial charge in [-0.2, -0.15) is 0 Å². The molecule has 8 heteroatoms. The first-order valence-electron chi connectivity index (χ1n) is 7.74. The summed E-state index contributed by atoms with van der Waals surface area (Å²) in [5.41, 5.74) is 1.33. The topological polar surface area (TPSA) is 66.5 Å². The van der Waals surface area contributed by atoms with Crippen molar-refractivity contribution in [2.45, 2.75) is 12.8 Å². The second-order valence-corrected chi connectivity index (χ2v) is 9.06. The van der Waals surface area contributed by atoms with Gasteiger partial charge in [-0.05, 0) is 55.3 Å². The quantitative estimate of drug-likeness (QED) is 0.770. The number of carbonyl (C=O) groups excluding carboxylic acids is 1. The smallest absolute Gasteiger partial charge is 0.257 e. The zero-order valence-electron chi connectivity index (χ0n) is 13.2. The predicted molar refractivity (Wildman–Crippen MR) is 104 cm³/mol. The van der Waals surface area contributed by atoms with Crippen LogP contribution in [0.4, 0.5) is 11.4 Å². The molecule has 0 atom stereocenters. The number of nitrogens with zero attached hydrogens (tertiary/aromatic N) is 1. The lowest BCUT2D eigenvalue weighted by Gasteiger charge is -2.28. The fourth-order valence-electron chi connectivity index (χ4n) is 2.65. The molecule has 0 radical (unpaired) electrons. The molecule has 1 heterocycles. The summed E-state index contributed by atoms with van der Waals surface area (Å²) in [6.45, 7) is 0.414. The summed E-state index contributed by atoms with van der Waals surface area (Å²) >= 11 is 9.49. The number of amides is 1. The Morgan fingerprint density at radius 3 is 2.52 bits per heavy atom. The van der Waals surface area contributed by atoms with Crippen LogP contribution in [0.1, 0.15) is 23.2 Å². The first-order chi connectivity index (χ1) is 11.9. The Labute approximate surface area is 160 Å². The molecule has 0 aliphatic carbocycles. The van der Waals surface area contributed by atoms with Crippen molar-refractivity contribution in [3.05, 3.63) is 57.5 Å². The lowest BCUT2D eigenvalue weighted by atomic mass is 10.1. The van der Waals surface area contributed by atoms with Gasteiger partial charge in [0.15, 0.2) is 0 Å². The maximum atomic E-state index is 12.5. The Morgan fingerprint density at radius 1 is 1.12 bits per heavy atom. The summed E-state index contributed by atoms with van der Waals surface area (Å²) in [6, 6.07) is 11.9. The number of sulfonamides is 1. The van der Waals surface area contributed by atoms with Crippen molar-refractivity contribution >= 4 is 54.8 Å². The second kappa shape index (κ2) is 7.35. The van der Waals surface area contributed by atoms with Crippen molar-refractivity contribution in [2.24, 2.45) is 0 Å². The van der Waals surface area contributed by atoms with E-state index in [2.05, 4.69) is 21.2 Å². The summed E-state index contributed by atoms with van der Waals surface area (Å²) in [6.07, 6.45) is 1.45. The maximum Gasteiger partial charge on any atom is 0.257 e. The Morgan fingerprint density at radius 2 is 1.84 bits per heavy atom. The van der Waals surface area contributed by atoms with Crippen molar-refractivity contribution in [3.8, 4) is 0 Å². The van der Waals surface area contributed by atoms with Crippen LogP contribution < -0.4 is 9.62 Å². The van der Waals surface area contributed by atoms with Crippen LogP contribution in [0.2, 0.25) is 5.02 Å². The minimum Gasteiger partial charge on any atom is -0.322 e. The molecule has 0 bridgehead atoms. The molecular weight excluding hydrogens is 428 g/mol. The van der Waals surface area contributed by atoms with Crippen molar-refractivity contribution in [3.63, 3.8) is 0 Å². The minimum atomic E-state index is -3.34. The van der Waals surface area contributed by atoms with Crippen molar-refractivity contribution < 1.29 is 13.2 Å². The van der Waals surface area contributed by atoms with E-state index in [1.54, 1.807) is 24.3 Å². The highest BCUT2D eigenvalue weighted by molar-refractivity contribution is 9.10. The van der Waals surface area contributed by atoms with Crippen LogP contribution in [0.5, 0.6) is 0 Å². The third-order valence-electron chi connectivity index (χ3n) is 3.93. The minimum absolute atomic E-state index is 0.121. The van der Waals surface area contributed by atoms with Crippen molar-refractivity contribution in [1.29, 1.82) is 0 Å². The standard InChI is InChI=1S/C17H16BrClN2O3S/c18-12-3-5-13(6-4-12)20-17(22)15-11-14(7-8-16(15)19)21-9-1-2-10-25(21,23)24/h3-8,11H,1-2,9-10H2,(H,20,22). The first-order valence-corrected chi connectivity index (χ1v) is 10.5. The van der Waals surface area contributed by atoms with E-state index in [-0.39, 0.29) is 22.2 Å². The van der Waals surface area contributed by atoms with E-state index in [4.69, 9.17) is 11.6 Å². The molecule has 1 saturated heterocycles. The third kappa shape index (κ3) is 4.16. The molecule has 1 amide bonds. The highest BCUT2D eigenvalue weighted by atomic mass is 79.9. The summed E-state index contributed by atoms with van der Waals surface area (Å²) in [4.78, 5) is 12.5. The van der Waals surface area contributed by atoms with Crippen LogP contribution in [0.3, 0.4) is 0 Å². The van der Waals surface area contributed by atoms with Crippen LogP contribution in [-0.2, 0) is 10.0 Å². The number of nitrogens with one attached hydrogen (secondary N) is 1. The van der Waals surface area contributed by atoms with Crippen molar-refractivity contribution in [1.82, 2.24) is 0 Å². The fourth-order valence-corrected chi connectivity index (χ4v) is 4.75. The van der Waals surface area contributed by atoms with Crippen LogP contribution in [0, 0.1) is 0 Å². The van der Waals surface area contributed by atoms with Crippen LogP contribution in [0.15, 0.2) is 46.9 Å². The molecule has 132 valence electrons. The van der Waals surface area contributed by atoms with E-state index in [1.807, 2.05) is 12.1 Å². The van der Waals surface area contributed by atoms with E-state index in [0.29, 0.717) is 24.3 Å². The lowest BCUT2D eigenvalue weighted by molar-refractivity contribution is 0.102. The van der Waals surface area contributed by atoms with Crippen LogP contribution in [0.25, 0.3) is 0 Å². The second-order valence-electron chi connectivity index (χ2n) is 5.72. The maximum absolute atomic E-state index is 12.5. The van der Waals surface area contributed by atoms with Gasteiger partial charge < -0.3 is 5.32 Å². The zero-order valence-corrected chi connectivity index (χ0v) is 16.4. The molecule has 1 fully saturated rings. The molecule has 2 aromatic rings. The number of hydrogen-bond acceptors (Lipinski definition) is 3. The molecule has 0 aromatic heterocycles. The van der Waals surface area contributed by atoms with E-state index in [1.165, 1.54) is 10.4 Å².